The molecule has 0 unspecified atom stereocenters. The van der Waals surface area contributed by atoms with Crippen molar-refractivity contribution >= 4 is 0 Å². The zero-order chi connectivity index (χ0) is 12.5. The van der Waals surface area contributed by atoms with Gasteiger partial charge in [0.2, 0.25) is 0 Å². The van der Waals surface area contributed by atoms with Gasteiger partial charge in [0.15, 0.2) is 0 Å². The fraction of sp³-hybridized carbons (Fsp3) is 0.400. The molecule has 0 saturated heterocycles. The molecule has 1 aromatic carbocycles. The summed E-state index contributed by atoms with van der Waals surface area (Å²) >= 11 is 0. The van der Waals surface area contributed by atoms with E-state index in [2.05, 4.69) is 34.7 Å². The molecular formula is C15H19N3. The molecule has 0 spiro atoms. The number of hydrogen-bond acceptors (Lipinski definition) is 2. The van der Waals surface area contributed by atoms with E-state index in [1.807, 2.05) is 18.8 Å². The predicted molar refractivity (Wildman–Crippen MR) is 73.4 cm³/mol. The van der Waals surface area contributed by atoms with Gasteiger partial charge in [-0.15, -0.1) is 0 Å². The average molecular weight is 241 g/mol. The Morgan fingerprint density at radius 3 is 2.89 bits per heavy atom. The third kappa shape index (κ3) is 1.95. The van der Waals surface area contributed by atoms with Crippen LogP contribution in [0.3, 0.4) is 0 Å². The molecule has 0 bridgehead atoms. The lowest BCUT2D eigenvalue weighted by Gasteiger charge is -2.01. The Labute approximate surface area is 108 Å². The van der Waals surface area contributed by atoms with Gasteiger partial charge in [-0.25, -0.2) is 0 Å². The lowest BCUT2D eigenvalue weighted by Crippen LogP contribution is -2.09. The van der Waals surface area contributed by atoms with Crippen LogP contribution in [-0.4, -0.2) is 16.8 Å². The number of benzene rings is 1. The van der Waals surface area contributed by atoms with Crippen molar-refractivity contribution in [2.45, 2.75) is 25.8 Å². The van der Waals surface area contributed by atoms with E-state index in [1.165, 1.54) is 41.6 Å². The molecule has 0 saturated carbocycles. The van der Waals surface area contributed by atoms with E-state index in [0.717, 1.165) is 12.2 Å². The van der Waals surface area contributed by atoms with E-state index in [-0.39, 0.29) is 0 Å². The molecular weight excluding hydrogens is 222 g/mol. The molecule has 0 radical (unpaired) electrons. The van der Waals surface area contributed by atoms with Crippen LogP contribution in [0.2, 0.25) is 0 Å². The molecule has 0 aliphatic heterocycles. The second-order valence-corrected chi connectivity index (χ2v) is 5.01. The first-order valence-corrected chi connectivity index (χ1v) is 6.57. The first-order chi connectivity index (χ1) is 8.78. The highest BCUT2D eigenvalue weighted by Gasteiger charge is 2.13. The van der Waals surface area contributed by atoms with Crippen LogP contribution >= 0.6 is 0 Å². The van der Waals surface area contributed by atoms with Gasteiger partial charge in [0.25, 0.3) is 0 Å². The Balaban J connectivity index is 1.97. The fourth-order valence-corrected chi connectivity index (χ4v) is 2.72. The van der Waals surface area contributed by atoms with Crippen molar-refractivity contribution in [3.8, 4) is 11.3 Å². The summed E-state index contributed by atoms with van der Waals surface area (Å²) in [5, 5.41) is 7.77. The molecule has 1 aliphatic carbocycles. The lowest BCUT2D eigenvalue weighted by molar-refractivity contribution is 0.673. The van der Waals surface area contributed by atoms with Gasteiger partial charge in [-0.3, -0.25) is 4.68 Å². The number of nitrogens with one attached hydrogen (secondary N) is 1. The van der Waals surface area contributed by atoms with E-state index in [1.54, 1.807) is 0 Å². The Morgan fingerprint density at radius 2 is 2.06 bits per heavy atom. The minimum absolute atomic E-state index is 0.856. The van der Waals surface area contributed by atoms with Crippen molar-refractivity contribution in [3.05, 3.63) is 41.1 Å². The first-order valence-electron chi connectivity index (χ1n) is 6.57. The van der Waals surface area contributed by atoms with Crippen molar-refractivity contribution < 1.29 is 0 Å². The zero-order valence-electron chi connectivity index (χ0n) is 11.0. The van der Waals surface area contributed by atoms with Gasteiger partial charge in [0.1, 0.15) is 0 Å². The van der Waals surface area contributed by atoms with E-state index in [4.69, 9.17) is 0 Å². The summed E-state index contributed by atoms with van der Waals surface area (Å²) in [4.78, 5) is 0. The van der Waals surface area contributed by atoms with Gasteiger partial charge in [0, 0.05) is 19.2 Å². The van der Waals surface area contributed by atoms with E-state index in [9.17, 15) is 0 Å². The molecule has 1 aliphatic rings. The van der Waals surface area contributed by atoms with Gasteiger partial charge in [-0.05, 0) is 49.6 Å². The summed E-state index contributed by atoms with van der Waals surface area (Å²) in [6, 6.07) is 8.96. The van der Waals surface area contributed by atoms with Crippen LogP contribution in [0.25, 0.3) is 11.3 Å². The maximum absolute atomic E-state index is 4.60. The van der Waals surface area contributed by atoms with Gasteiger partial charge < -0.3 is 5.32 Å². The van der Waals surface area contributed by atoms with E-state index >= 15 is 0 Å². The van der Waals surface area contributed by atoms with Crippen LogP contribution in [0.15, 0.2) is 24.3 Å². The first kappa shape index (κ1) is 11.5. The highest BCUT2D eigenvalue weighted by molar-refractivity contribution is 5.62. The fourth-order valence-electron chi connectivity index (χ4n) is 2.72. The number of hydrogen-bond donors (Lipinski definition) is 1. The highest BCUT2D eigenvalue weighted by Crippen LogP contribution is 2.27. The van der Waals surface area contributed by atoms with Crippen LogP contribution in [0, 0.1) is 0 Å². The molecule has 18 heavy (non-hydrogen) atoms. The summed E-state index contributed by atoms with van der Waals surface area (Å²) in [5.41, 5.74) is 6.57. The Hall–Kier alpha value is -1.61. The van der Waals surface area contributed by atoms with Crippen molar-refractivity contribution in [1.82, 2.24) is 15.1 Å². The Kier molecular flexibility index (Phi) is 2.92. The largest absolute Gasteiger partial charge is 0.314 e. The standard InChI is InChI=1S/C15H19N3/c1-16-10-14-9-15(17-18(14)2)13-7-6-11-4-3-5-12(11)8-13/h6-9,16H,3-5,10H2,1-2H3. The molecule has 1 aromatic heterocycles. The second kappa shape index (κ2) is 4.58. The maximum atomic E-state index is 4.60. The topological polar surface area (TPSA) is 29.9 Å². The van der Waals surface area contributed by atoms with Crippen LogP contribution in [0.5, 0.6) is 0 Å². The number of aryl methyl sites for hydroxylation is 3. The number of rotatable bonds is 3. The van der Waals surface area contributed by atoms with Gasteiger partial charge in [-0.1, -0.05) is 12.1 Å². The van der Waals surface area contributed by atoms with Crippen LogP contribution in [0.1, 0.15) is 23.2 Å². The van der Waals surface area contributed by atoms with Gasteiger partial charge in [-0.2, -0.15) is 5.10 Å². The molecule has 1 heterocycles. The number of fused-ring (bicyclic) bond motifs is 1. The minimum Gasteiger partial charge on any atom is -0.314 e. The van der Waals surface area contributed by atoms with Crippen molar-refractivity contribution in [1.29, 1.82) is 0 Å². The Bertz CT molecular complexity index is 569. The molecule has 0 atom stereocenters. The van der Waals surface area contributed by atoms with Crippen molar-refractivity contribution in [2.24, 2.45) is 7.05 Å². The van der Waals surface area contributed by atoms with Crippen LogP contribution in [-0.2, 0) is 26.4 Å². The SMILES string of the molecule is CNCc1cc(-c2ccc3c(c2)CCC3)nn1C. The molecule has 0 amide bonds. The summed E-state index contributed by atoms with van der Waals surface area (Å²) in [6.45, 7) is 0.856. The number of aromatic nitrogens is 2. The van der Waals surface area contributed by atoms with Crippen LogP contribution in [0.4, 0.5) is 0 Å². The molecule has 94 valence electrons. The van der Waals surface area contributed by atoms with Crippen LogP contribution < -0.4 is 5.32 Å². The third-order valence-corrected chi connectivity index (χ3v) is 3.73. The summed E-state index contributed by atoms with van der Waals surface area (Å²) < 4.78 is 1.96. The smallest absolute Gasteiger partial charge is 0.0926 e. The summed E-state index contributed by atoms with van der Waals surface area (Å²) in [6.07, 6.45) is 3.76. The molecule has 3 rings (SSSR count). The molecule has 3 nitrogen and oxygen atoms in total. The van der Waals surface area contributed by atoms with E-state index < -0.39 is 0 Å². The quantitative estimate of drug-likeness (QED) is 0.893. The lowest BCUT2D eigenvalue weighted by atomic mass is 10.0. The van der Waals surface area contributed by atoms with Crippen molar-refractivity contribution in [3.63, 3.8) is 0 Å². The molecule has 3 heteroatoms. The Morgan fingerprint density at radius 1 is 1.22 bits per heavy atom. The summed E-state index contributed by atoms with van der Waals surface area (Å²) in [7, 11) is 3.96. The highest BCUT2D eigenvalue weighted by atomic mass is 15.3. The summed E-state index contributed by atoms with van der Waals surface area (Å²) in [5.74, 6) is 0. The maximum Gasteiger partial charge on any atom is 0.0926 e. The minimum atomic E-state index is 0.856. The monoisotopic (exact) mass is 241 g/mol. The molecule has 0 fully saturated rings. The zero-order valence-corrected chi connectivity index (χ0v) is 11.0. The number of nitrogens with zero attached hydrogens (tertiary/aromatic N) is 2. The van der Waals surface area contributed by atoms with Gasteiger partial charge in [0.05, 0.1) is 11.4 Å². The average Bonchev–Trinajstić information content (AvgIpc) is 2.96. The molecule has 2 aromatic rings. The van der Waals surface area contributed by atoms with Crippen molar-refractivity contribution in [2.75, 3.05) is 7.05 Å². The third-order valence-electron chi connectivity index (χ3n) is 3.73. The predicted octanol–water partition coefficient (Wildman–Crippen LogP) is 2.30. The molecule has 1 N–H and O–H groups in total. The normalized spacial score (nSPS) is 13.9. The van der Waals surface area contributed by atoms with E-state index in [0.29, 0.717) is 0 Å². The van der Waals surface area contributed by atoms with Gasteiger partial charge >= 0.3 is 0 Å². The second-order valence-electron chi connectivity index (χ2n) is 5.01.